The molecule has 2 rings (SSSR count). The predicted molar refractivity (Wildman–Crippen MR) is 99.0 cm³/mol. The van der Waals surface area contributed by atoms with Gasteiger partial charge in [0.15, 0.2) is 11.5 Å². The van der Waals surface area contributed by atoms with Crippen LogP contribution in [-0.2, 0) is 19.1 Å². The third kappa shape index (κ3) is 3.82. The van der Waals surface area contributed by atoms with E-state index < -0.39 is 17.8 Å². The molecule has 0 spiro atoms. The number of hydrogen-bond donors (Lipinski definition) is 0. The quantitative estimate of drug-likeness (QED) is 0.649. The van der Waals surface area contributed by atoms with Crippen molar-refractivity contribution in [2.45, 2.75) is 0 Å². The van der Waals surface area contributed by atoms with Crippen molar-refractivity contribution in [2.75, 3.05) is 33.3 Å². The predicted octanol–water partition coefficient (Wildman–Crippen LogP) is 3.10. The molecule has 0 fully saturated rings. The molecule has 0 aliphatic carbocycles. The Morgan fingerprint density at radius 2 is 1.63 bits per heavy atom. The van der Waals surface area contributed by atoms with Crippen molar-refractivity contribution < 1.29 is 32.9 Å². The smallest absolute Gasteiger partial charge is 0.355 e. The fourth-order valence-electron chi connectivity index (χ4n) is 2.48. The van der Waals surface area contributed by atoms with Crippen LogP contribution in [0.1, 0.15) is 0 Å². The molecule has 0 atom stereocenters. The first-order valence-electron chi connectivity index (χ1n) is 7.56. The van der Waals surface area contributed by atoms with Crippen LogP contribution in [0.5, 0.6) is 11.5 Å². The molecule has 0 aromatic heterocycles. The molecule has 1 aromatic rings. The lowest BCUT2D eigenvalue weighted by atomic mass is 10.1. The Labute approximate surface area is 163 Å². The molecule has 0 unspecified atom stereocenters. The Kier molecular flexibility index (Phi) is 6.62. The van der Waals surface area contributed by atoms with Gasteiger partial charge in [0.25, 0.3) is 0 Å². The monoisotopic (exact) mass is 441 g/mol. The molecule has 1 aromatic carbocycles. The highest BCUT2D eigenvalue weighted by Gasteiger charge is 2.31. The van der Waals surface area contributed by atoms with Gasteiger partial charge in [0.1, 0.15) is 5.70 Å². The van der Waals surface area contributed by atoms with Gasteiger partial charge in [-0.2, -0.15) is 4.39 Å². The van der Waals surface area contributed by atoms with E-state index in [-0.39, 0.29) is 32.9 Å². The van der Waals surface area contributed by atoms with Crippen LogP contribution in [0.25, 0.3) is 0 Å². The van der Waals surface area contributed by atoms with Crippen LogP contribution in [0.4, 0.5) is 10.1 Å². The summed E-state index contributed by atoms with van der Waals surface area (Å²) in [5.74, 6) is -2.61. The number of carbonyl (C=O) groups excluding carboxylic acids is 2. The summed E-state index contributed by atoms with van der Waals surface area (Å²) in [5.41, 5.74) is -0.0858. The normalized spacial score (nSPS) is 13.3. The molecule has 0 amide bonds. The second-order valence-corrected chi connectivity index (χ2v) is 5.93. The second kappa shape index (κ2) is 8.72. The van der Waals surface area contributed by atoms with Crippen LogP contribution in [0.3, 0.4) is 0 Å². The van der Waals surface area contributed by atoms with E-state index in [1.54, 1.807) is 6.08 Å². The average Bonchev–Trinajstić information content (AvgIpc) is 2.89. The van der Waals surface area contributed by atoms with Crippen LogP contribution in [-0.4, -0.2) is 40.4 Å². The standard InChI is InChI=1S/C18H17BrFNO6/c1-24-15-11(19)9-12(16(25-2)13(15)20)21-8-6-5-7-10(17(22)26-3)14(21)18(23)27-4/h5-9H,1-4H3. The fraction of sp³-hybridized carbons (Fsp3) is 0.222. The first-order chi connectivity index (χ1) is 12.9. The summed E-state index contributed by atoms with van der Waals surface area (Å²) in [6.45, 7) is 0. The van der Waals surface area contributed by atoms with Crippen molar-refractivity contribution in [1.82, 2.24) is 0 Å². The molecular weight excluding hydrogens is 425 g/mol. The summed E-state index contributed by atoms with van der Waals surface area (Å²) in [5, 5.41) is 0. The van der Waals surface area contributed by atoms with Crippen LogP contribution >= 0.6 is 15.9 Å². The van der Waals surface area contributed by atoms with Crippen molar-refractivity contribution in [1.29, 1.82) is 0 Å². The Morgan fingerprint density at radius 3 is 2.19 bits per heavy atom. The van der Waals surface area contributed by atoms with Gasteiger partial charge in [-0.05, 0) is 34.1 Å². The molecule has 9 heteroatoms. The molecule has 144 valence electrons. The summed E-state index contributed by atoms with van der Waals surface area (Å²) >= 11 is 3.23. The van der Waals surface area contributed by atoms with E-state index in [2.05, 4.69) is 15.9 Å². The maximum Gasteiger partial charge on any atom is 0.355 e. The van der Waals surface area contributed by atoms with E-state index in [1.807, 2.05) is 0 Å². The Balaban J connectivity index is 2.82. The first-order valence-corrected chi connectivity index (χ1v) is 8.35. The van der Waals surface area contributed by atoms with E-state index >= 15 is 0 Å². The minimum atomic E-state index is -0.819. The number of halogens is 2. The molecule has 0 saturated carbocycles. The maximum atomic E-state index is 14.8. The average molecular weight is 442 g/mol. The number of hydrogen-bond acceptors (Lipinski definition) is 7. The van der Waals surface area contributed by atoms with Gasteiger partial charge in [-0.3, -0.25) is 0 Å². The summed E-state index contributed by atoms with van der Waals surface area (Å²) in [7, 11) is 4.94. The van der Waals surface area contributed by atoms with Gasteiger partial charge in [-0.25, -0.2) is 9.59 Å². The minimum Gasteiger partial charge on any atom is -0.492 e. The lowest BCUT2D eigenvalue weighted by Gasteiger charge is -2.25. The van der Waals surface area contributed by atoms with Crippen molar-refractivity contribution in [3.63, 3.8) is 0 Å². The van der Waals surface area contributed by atoms with E-state index in [1.165, 1.54) is 57.8 Å². The maximum absolute atomic E-state index is 14.8. The van der Waals surface area contributed by atoms with Crippen molar-refractivity contribution in [2.24, 2.45) is 0 Å². The molecule has 0 radical (unpaired) electrons. The molecule has 0 bridgehead atoms. The summed E-state index contributed by atoms with van der Waals surface area (Å²) in [6, 6.07) is 1.49. The van der Waals surface area contributed by atoms with Gasteiger partial charge in [-0.15, -0.1) is 0 Å². The zero-order valence-electron chi connectivity index (χ0n) is 15.0. The summed E-state index contributed by atoms with van der Waals surface area (Å²) in [4.78, 5) is 25.9. The molecule has 27 heavy (non-hydrogen) atoms. The molecule has 1 aliphatic heterocycles. The molecular formula is C18H17BrFNO6. The molecule has 7 nitrogen and oxygen atoms in total. The largest absolute Gasteiger partial charge is 0.492 e. The summed E-state index contributed by atoms with van der Waals surface area (Å²) in [6.07, 6.45) is 5.97. The van der Waals surface area contributed by atoms with Crippen molar-refractivity contribution >= 4 is 33.6 Å². The van der Waals surface area contributed by atoms with Crippen LogP contribution < -0.4 is 14.4 Å². The third-order valence-corrected chi connectivity index (χ3v) is 4.26. The van der Waals surface area contributed by atoms with Gasteiger partial charge in [0.05, 0.1) is 44.2 Å². The Morgan fingerprint density at radius 1 is 1.00 bits per heavy atom. The third-order valence-electron chi connectivity index (χ3n) is 3.67. The lowest BCUT2D eigenvalue weighted by molar-refractivity contribution is -0.139. The van der Waals surface area contributed by atoms with Gasteiger partial charge in [0.2, 0.25) is 5.82 Å². The zero-order valence-corrected chi connectivity index (χ0v) is 16.6. The number of allylic oxidation sites excluding steroid dienone is 2. The second-order valence-electron chi connectivity index (χ2n) is 5.07. The Bertz CT molecular complexity index is 862. The van der Waals surface area contributed by atoms with E-state index in [0.29, 0.717) is 0 Å². The van der Waals surface area contributed by atoms with Gasteiger partial charge < -0.3 is 23.8 Å². The van der Waals surface area contributed by atoms with E-state index in [9.17, 15) is 14.0 Å². The fourth-order valence-corrected chi connectivity index (χ4v) is 3.04. The van der Waals surface area contributed by atoms with Crippen LogP contribution in [0.2, 0.25) is 0 Å². The molecule has 1 aliphatic rings. The molecule has 0 N–H and O–H groups in total. The number of nitrogens with zero attached hydrogens (tertiary/aromatic N) is 1. The van der Waals surface area contributed by atoms with Gasteiger partial charge in [-0.1, -0.05) is 6.08 Å². The highest BCUT2D eigenvalue weighted by molar-refractivity contribution is 9.10. The topological polar surface area (TPSA) is 74.3 Å². The van der Waals surface area contributed by atoms with Crippen LogP contribution in [0, 0.1) is 5.82 Å². The van der Waals surface area contributed by atoms with E-state index in [0.717, 1.165) is 0 Å². The molecule has 0 saturated heterocycles. The SMILES string of the molecule is COC(=O)C1=C(C(=O)OC)N(c2cc(Br)c(OC)c(F)c2OC)C=CC=C1. The Hall–Kier alpha value is -2.81. The zero-order chi connectivity index (χ0) is 20.1. The van der Waals surface area contributed by atoms with Gasteiger partial charge in [0, 0.05) is 6.20 Å². The van der Waals surface area contributed by atoms with Gasteiger partial charge >= 0.3 is 11.9 Å². The highest BCUT2D eigenvalue weighted by atomic mass is 79.9. The highest BCUT2D eigenvalue weighted by Crippen LogP contribution is 2.43. The molecule has 1 heterocycles. The summed E-state index contributed by atoms with van der Waals surface area (Å²) < 4.78 is 34.9. The van der Waals surface area contributed by atoms with Crippen molar-refractivity contribution in [3.8, 4) is 11.5 Å². The number of methoxy groups -OCH3 is 4. The lowest BCUT2D eigenvalue weighted by Crippen LogP contribution is -2.27. The number of anilines is 1. The number of carbonyl (C=O) groups is 2. The number of benzene rings is 1. The number of esters is 2. The first kappa shape index (κ1) is 20.5. The number of rotatable bonds is 5. The van der Waals surface area contributed by atoms with Crippen molar-refractivity contribution in [3.05, 3.63) is 52.1 Å². The van der Waals surface area contributed by atoms with E-state index in [4.69, 9.17) is 18.9 Å². The van der Waals surface area contributed by atoms with Crippen LogP contribution in [0.15, 0.2) is 46.2 Å². The minimum absolute atomic E-state index is 0.0654. The number of ether oxygens (including phenoxy) is 4.